The Bertz CT molecular complexity index is 137. The maximum absolute atomic E-state index is 12.2. The van der Waals surface area contributed by atoms with Crippen molar-refractivity contribution in [3.05, 3.63) is 0 Å². The van der Waals surface area contributed by atoms with Crippen molar-refractivity contribution in [2.75, 3.05) is 0 Å². The van der Waals surface area contributed by atoms with Gasteiger partial charge in [0, 0.05) is 0 Å². The first-order valence-corrected chi connectivity index (χ1v) is 3.29. The van der Waals surface area contributed by atoms with E-state index in [-0.39, 0.29) is 6.42 Å². The van der Waals surface area contributed by atoms with E-state index < -0.39 is 24.7 Å². The molecule has 0 rings (SSSR count). The summed E-state index contributed by atoms with van der Waals surface area (Å²) in [5.41, 5.74) is 0. The molecular weight excluding hydrogens is 186 g/mol. The van der Waals surface area contributed by atoms with Crippen molar-refractivity contribution < 1.29 is 26.3 Å². The van der Waals surface area contributed by atoms with E-state index in [1.807, 2.05) is 0 Å². The van der Waals surface area contributed by atoms with Gasteiger partial charge in [-0.25, -0.2) is 4.39 Å². The predicted molar refractivity (Wildman–Crippen MR) is 30.8 cm³/mol. The Hall–Kier alpha value is -0.420. The molecule has 0 bridgehead atoms. The van der Waals surface area contributed by atoms with Crippen molar-refractivity contribution in [2.45, 2.75) is 38.0 Å². The Morgan fingerprint density at radius 3 is 1.75 bits per heavy atom. The highest BCUT2D eigenvalue weighted by Gasteiger charge is 2.57. The number of rotatable bonds is 3. The maximum Gasteiger partial charge on any atom is 0.453 e. The van der Waals surface area contributed by atoms with Crippen molar-refractivity contribution in [1.82, 2.24) is 0 Å². The highest BCUT2D eigenvalue weighted by Crippen LogP contribution is 2.39. The molecule has 74 valence electrons. The topological polar surface area (TPSA) is 0 Å². The molecule has 1 atom stereocenters. The average molecular weight is 194 g/mol. The van der Waals surface area contributed by atoms with Crippen molar-refractivity contribution >= 4 is 0 Å². The Morgan fingerprint density at radius 1 is 1.08 bits per heavy atom. The van der Waals surface area contributed by atoms with Gasteiger partial charge in [-0.05, 0) is 6.42 Å². The number of hydrogen-bond acceptors (Lipinski definition) is 0. The average Bonchev–Trinajstić information content (AvgIpc) is 1.84. The van der Waals surface area contributed by atoms with Gasteiger partial charge < -0.3 is 0 Å². The van der Waals surface area contributed by atoms with E-state index in [0.29, 0.717) is 0 Å². The van der Waals surface area contributed by atoms with Gasteiger partial charge in [-0.3, -0.25) is 0 Å². The van der Waals surface area contributed by atoms with Crippen LogP contribution in [0.3, 0.4) is 0 Å². The van der Waals surface area contributed by atoms with Crippen LogP contribution in [-0.4, -0.2) is 18.3 Å². The van der Waals surface area contributed by atoms with Crippen LogP contribution in [-0.2, 0) is 0 Å². The summed E-state index contributed by atoms with van der Waals surface area (Å²) in [6, 6.07) is 0. The molecule has 0 radical (unpaired) electrons. The highest BCUT2D eigenvalue weighted by atomic mass is 19.4. The fourth-order valence-electron chi connectivity index (χ4n) is 0.538. The van der Waals surface area contributed by atoms with Gasteiger partial charge in [-0.1, -0.05) is 6.92 Å². The van der Waals surface area contributed by atoms with Gasteiger partial charge in [0.15, 0.2) is 0 Å². The summed E-state index contributed by atoms with van der Waals surface area (Å²) < 4.78 is 70.4. The maximum atomic E-state index is 12.2. The van der Waals surface area contributed by atoms with E-state index in [9.17, 15) is 26.3 Å². The van der Waals surface area contributed by atoms with Crippen LogP contribution in [0, 0.1) is 0 Å². The van der Waals surface area contributed by atoms with E-state index in [4.69, 9.17) is 0 Å². The van der Waals surface area contributed by atoms with Crippen LogP contribution in [0.1, 0.15) is 19.8 Å². The quantitative estimate of drug-likeness (QED) is 0.604. The Morgan fingerprint density at radius 2 is 1.50 bits per heavy atom. The van der Waals surface area contributed by atoms with Gasteiger partial charge in [-0.2, -0.15) is 22.0 Å². The van der Waals surface area contributed by atoms with Crippen molar-refractivity contribution in [1.29, 1.82) is 0 Å². The Labute approximate surface area is 65.6 Å². The summed E-state index contributed by atoms with van der Waals surface area (Å²) >= 11 is 0. The summed E-state index contributed by atoms with van der Waals surface area (Å²) in [6.45, 7) is 1.21. The lowest BCUT2D eigenvalue weighted by atomic mass is 10.1. The van der Waals surface area contributed by atoms with Gasteiger partial charge in [0.05, 0.1) is 6.42 Å². The summed E-state index contributed by atoms with van der Waals surface area (Å²) in [5.74, 6) is -4.91. The van der Waals surface area contributed by atoms with Crippen LogP contribution >= 0.6 is 0 Å². The lowest BCUT2D eigenvalue weighted by Gasteiger charge is -2.20. The standard InChI is InChI=1S/C6H8F6/c1-2-4(7)3-5(8,9)6(10,11)12/h4H,2-3H2,1H3/t4-/m0/s1. The minimum Gasteiger partial charge on any atom is -0.247 e. The molecule has 0 amide bonds. The molecule has 0 heterocycles. The molecule has 12 heavy (non-hydrogen) atoms. The van der Waals surface area contributed by atoms with Crippen molar-refractivity contribution in [3.8, 4) is 0 Å². The minimum absolute atomic E-state index is 0.342. The fraction of sp³-hybridized carbons (Fsp3) is 1.00. The lowest BCUT2D eigenvalue weighted by Crippen LogP contribution is -2.38. The van der Waals surface area contributed by atoms with Crippen LogP contribution in [0.2, 0.25) is 0 Å². The third kappa shape index (κ3) is 2.91. The molecule has 0 unspecified atom stereocenters. The molecular formula is C6H8F6. The molecule has 0 aromatic rings. The first-order chi connectivity index (χ1) is 5.20. The molecule has 0 aromatic carbocycles. The van der Waals surface area contributed by atoms with Gasteiger partial charge in [0.25, 0.3) is 0 Å². The van der Waals surface area contributed by atoms with Gasteiger partial charge in [-0.15, -0.1) is 0 Å². The molecule has 0 spiro atoms. The SMILES string of the molecule is CC[C@H](F)CC(F)(F)C(F)(F)F. The second-order valence-corrected chi connectivity index (χ2v) is 2.41. The van der Waals surface area contributed by atoms with E-state index in [1.165, 1.54) is 6.92 Å². The second-order valence-electron chi connectivity index (χ2n) is 2.41. The van der Waals surface area contributed by atoms with Crippen LogP contribution in [0.4, 0.5) is 26.3 Å². The second kappa shape index (κ2) is 3.53. The van der Waals surface area contributed by atoms with Crippen molar-refractivity contribution in [3.63, 3.8) is 0 Å². The Kier molecular flexibility index (Phi) is 3.41. The molecule has 0 N–H and O–H groups in total. The van der Waals surface area contributed by atoms with Gasteiger partial charge in [0.2, 0.25) is 0 Å². The van der Waals surface area contributed by atoms with E-state index in [2.05, 4.69) is 0 Å². The fourth-order valence-corrected chi connectivity index (χ4v) is 0.538. The van der Waals surface area contributed by atoms with E-state index in [1.54, 1.807) is 0 Å². The summed E-state index contributed by atoms with van der Waals surface area (Å²) in [4.78, 5) is 0. The van der Waals surface area contributed by atoms with Crippen molar-refractivity contribution in [2.24, 2.45) is 0 Å². The first kappa shape index (κ1) is 11.6. The third-order valence-electron chi connectivity index (χ3n) is 1.34. The monoisotopic (exact) mass is 194 g/mol. The summed E-state index contributed by atoms with van der Waals surface area (Å²) in [5, 5.41) is 0. The number of halogens is 6. The molecule has 0 fully saturated rings. The third-order valence-corrected chi connectivity index (χ3v) is 1.34. The summed E-state index contributed by atoms with van der Waals surface area (Å²) in [6.07, 6.45) is -9.88. The van der Waals surface area contributed by atoms with Gasteiger partial charge in [0.1, 0.15) is 6.17 Å². The lowest BCUT2D eigenvalue weighted by molar-refractivity contribution is -0.288. The summed E-state index contributed by atoms with van der Waals surface area (Å²) in [7, 11) is 0. The molecule has 0 aromatic heterocycles. The molecule has 0 nitrogen and oxygen atoms in total. The zero-order valence-corrected chi connectivity index (χ0v) is 6.26. The molecule has 6 heteroatoms. The predicted octanol–water partition coefficient (Wildman–Crippen LogP) is 3.32. The smallest absolute Gasteiger partial charge is 0.247 e. The first-order valence-electron chi connectivity index (χ1n) is 3.29. The largest absolute Gasteiger partial charge is 0.453 e. The Balaban J connectivity index is 4.22. The van der Waals surface area contributed by atoms with Crippen LogP contribution in [0.25, 0.3) is 0 Å². The molecule has 0 saturated heterocycles. The normalized spacial score (nSPS) is 16.2. The number of hydrogen-bond donors (Lipinski definition) is 0. The van der Waals surface area contributed by atoms with Crippen LogP contribution in [0.5, 0.6) is 0 Å². The molecule has 0 aliphatic carbocycles. The minimum atomic E-state index is -5.65. The molecule has 0 aliphatic heterocycles. The van der Waals surface area contributed by atoms with E-state index >= 15 is 0 Å². The zero-order chi connectivity index (χ0) is 9.99. The van der Waals surface area contributed by atoms with Crippen LogP contribution in [0.15, 0.2) is 0 Å². The number of alkyl halides is 6. The van der Waals surface area contributed by atoms with Crippen LogP contribution < -0.4 is 0 Å². The highest BCUT2D eigenvalue weighted by molar-refractivity contribution is 4.78. The zero-order valence-electron chi connectivity index (χ0n) is 6.26. The molecule has 0 aliphatic rings. The van der Waals surface area contributed by atoms with E-state index in [0.717, 1.165) is 0 Å². The van der Waals surface area contributed by atoms with Gasteiger partial charge >= 0.3 is 12.1 Å². The molecule has 0 saturated carbocycles.